The summed E-state index contributed by atoms with van der Waals surface area (Å²) in [5.41, 5.74) is 4.28. The van der Waals surface area contributed by atoms with Crippen molar-refractivity contribution in [3.63, 3.8) is 0 Å². The Labute approximate surface area is 195 Å². The molecule has 5 heteroatoms. The van der Waals surface area contributed by atoms with E-state index < -0.39 is 6.09 Å². The summed E-state index contributed by atoms with van der Waals surface area (Å²) in [5, 5.41) is 2.99. The summed E-state index contributed by atoms with van der Waals surface area (Å²) < 4.78 is 17.1. The first-order valence-electron chi connectivity index (χ1n) is 11.6. The maximum absolute atomic E-state index is 12.6. The van der Waals surface area contributed by atoms with E-state index in [0.717, 1.165) is 54.5 Å². The van der Waals surface area contributed by atoms with Crippen LogP contribution in [0.3, 0.4) is 0 Å². The van der Waals surface area contributed by atoms with Gasteiger partial charge in [-0.2, -0.15) is 0 Å². The van der Waals surface area contributed by atoms with Gasteiger partial charge in [0.1, 0.15) is 5.75 Å². The number of aryl methyl sites for hydroxylation is 1. The van der Waals surface area contributed by atoms with Gasteiger partial charge in [-0.1, -0.05) is 55.3 Å². The van der Waals surface area contributed by atoms with Gasteiger partial charge in [-0.05, 0) is 66.3 Å². The molecule has 0 unspecified atom stereocenters. The number of ether oxygens (including phenoxy) is 3. The van der Waals surface area contributed by atoms with Crippen molar-refractivity contribution in [2.24, 2.45) is 0 Å². The van der Waals surface area contributed by atoms with E-state index in [0.29, 0.717) is 18.1 Å². The quantitative estimate of drug-likeness (QED) is 0.441. The molecular formula is C28H31NO4. The summed E-state index contributed by atoms with van der Waals surface area (Å²) in [6.07, 6.45) is 4.63. The number of carbonyl (C=O) groups excluding carboxylic acids is 1. The molecule has 0 saturated heterocycles. The topological polar surface area (TPSA) is 56.8 Å². The van der Waals surface area contributed by atoms with Crippen molar-refractivity contribution in [3.05, 3.63) is 77.9 Å². The fourth-order valence-electron chi connectivity index (χ4n) is 4.25. The van der Waals surface area contributed by atoms with E-state index in [9.17, 15) is 4.79 Å². The molecule has 172 valence electrons. The summed E-state index contributed by atoms with van der Waals surface area (Å²) >= 11 is 0. The lowest BCUT2D eigenvalue weighted by molar-refractivity contribution is 0.193. The molecule has 1 N–H and O–H groups in total. The Morgan fingerprint density at radius 1 is 0.970 bits per heavy atom. The largest absolute Gasteiger partial charge is 0.497 e. The maximum Gasteiger partial charge on any atom is 0.412 e. The van der Waals surface area contributed by atoms with Gasteiger partial charge in [0.15, 0.2) is 11.5 Å². The Hall–Kier alpha value is -3.47. The molecule has 3 aromatic carbocycles. The average Bonchev–Trinajstić information content (AvgIpc) is 3.33. The van der Waals surface area contributed by atoms with E-state index in [1.165, 1.54) is 5.56 Å². The normalized spacial score (nSPS) is 13.5. The zero-order chi connectivity index (χ0) is 23.0. The smallest absolute Gasteiger partial charge is 0.412 e. The molecular weight excluding hydrogens is 414 g/mol. The maximum atomic E-state index is 12.6. The summed E-state index contributed by atoms with van der Waals surface area (Å²) in [7, 11) is 1.66. The second kappa shape index (κ2) is 10.9. The zero-order valence-corrected chi connectivity index (χ0v) is 19.3. The lowest BCUT2D eigenvalue weighted by Gasteiger charge is -2.16. The molecule has 0 radical (unpaired) electrons. The second-order valence-corrected chi connectivity index (χ2v) is 8.44. The highest BCUT2D eigenvalue weighted by atomic mass is 16.6. The Morgan fingerprint density at radius 2 is 1.76 bits per heavy atom. The molecule has 1 fully saturated rings. The molecule has 1 amide bonds. The Bertz CT molecular complexity index is 1070. The Balaban J connectivity index is 1.54. The number of rotatable bonds is 8. The van der Waals surface area contributed by atoms with Gasteiger partial charge in [-0.15, -0.1) is 0 Å². The number of benzene rings is 3. The standard InChI is InChI=1S/C28H31NO4/c1-20-18-24(31-2)13-14-25(20)22-12-15-26(32-17-16-21-8-4-3-5-9-21)27(19-22)33-28(30)29-23-10-6-7-11-23/h3-5,8-9,12-15,18-19,23H,6-7,10-11,16-17H2,1-2H3,(H,29,30). The molecule has 0 bridgehead atoms. The molecule has 0 aliphatic heterocycles. The number of carbonyl (C=O) groups is 1. The minimum atomic E-state index is -0.432. The summed E-state index contributed by atoms with van der Waals surface area (Å²) in [4.78, 5) is 12.6. The van der Waals surface area contributed by atoms with Crippen LogP contribution in [-0.4, -0.2) is 25.9 Å². The third-order valence-corrected chi connectivity index (χ3v) is 6.06. The molecule has 0 spiro atoms. The minimum Gasteiger partial charge on any atom is -0.497 e. The van der Waals surface area contributed by atoms with Gasteiger partial charge in [0.05, 0.1) is 13.7 Å². The van der Waals surface area contributed by atoms with E-state index in [1.807, 2.05) is 61.5 Å². The number of amides is 1. The predicted molar refractivity (Wildman–Crippen MR) is 130 cm³/mol. The second-order valence-electron chi connectivity index (χ2n) is 8.44. The van der Waals surface area contributed by atoms with Gasteiger partial charge >= 0.3 is 6.09 Å². The third-order valence-electron chi connectivity index (χ3n) is 6.06. The summed E-state index contributed by atoms with van der Waals surface area (Å²) in [5.74, 6) is 1.79. The SMILES string of the molecule is COc1ccc(-c2ccc(OCCc3ccccc3)c(OC(=O)NC3CCCC3)c2)c(C)c1. The van der Waals surface area contributed by atoms with Gasteiger partial charge in [-0.25, -0.2) is 4.79 Å². The van der Waals surface area contributed by atoms with Gasteiger partial charge in [0.2, 0.25) is 0 Å². The van der Waals surface area contributed by atoms with E-state index in [-0.39, 0.29) is 6.04 Å². The summed E-state index contributed by atoms with van der Waals surface area (Å²) in [6, 6.07) is 22.1. The fraction of sp³-hybridized carbons (Fsp3) is 0.321. The van der Waals surface area contributed by atoms with Crippen LogP contribution < -0.4 is 19.5 Å². The highest BCUT2D eigenvalue weighted by Gasteiger charge is 2.20. The van der Waals surface area contributed by atoms with Crippen molar-refractivity contribution < 1.29 is 19.0 Å². The number of nitrogens with one attached hydrogen (secondary N) is 1. The van der Waals surface area contributed by atoms with Gasteiger partial charge < -0.3 is 19.5 Å². The zero-order valence-electron chi connectivity index (χ0n) is 19.3. The monoisotopic (exact) mass is 445 g/mol. The van der Waals surface area contributed by atoms with Gasteiger partial charge in [0, 0.05) is 12.5 Å². The lowest BCUT2D eigenvalue weighted by Crippen LogP contribution is -2.34. The van der Waals surface area contributed by atoms with Crippen molar-refractivity contribution >= 4 is 6.09 Å². The van der Waals surface area contributed by atoms with Crippen LogP contribution in [0.15, 0.2) is 66.7 Å². The van der Waals surface area contributed by atoms with Gasteiger partial charge in [-0.3, -0.25) is 0 Å². The molecule has 0 aromatic heterocycles. The molecule has 1 aliphatic rings. The van der Waals surface area contributed by atoms with Crippen molar-refractivity contribution in [2.45, 2.75) is 45.1 Å². The lowest BCUT2D eigenvalue weighted by atomic mass is 10.00. The van der Waals surface area contributed by atoms with Crippen molar-refractivity contribution in [1.82, 2.24) is 5.32 Å². The molecule has 3 aromatic rings. The van der Waals surface area contributed by atoms with Crippen LogP contribution in [-0.2, 0) is 6.42 Å². The molecule has 0 heterocycles. The predicted octanol–water partition coefficient (Wildman–Crippen LogP) is 6.32. The van der Waals surface area contributed by atoms with Crippen LogP contribution in [0, 0.1) is 6.92 Å². The number of methoxy groups -OCH3 is 1. The van der Waals surface area contributed by atoms with Crippen molar-refractivity contribution in [2.75, 3.05) is 13.7 Å². The Kier molecular flexibility index (Phi) is 7.51. The van der Waals surface area contributed by atoms with E-state index in [2.05, 4.69) is 17.4 Å². The van der Waals surface area contributed by atoms with Gasteiger partial charge in [0.25, 0.3) is 0 Å². The average molecular weight is 446 g/mol. The molecule has 1 aliphatic carbocycles. The molecule has 1 saturated carbocycles. The molecule has 4 rings (SSSR count). The highest BCUT2D eigenvalue weighted by molar-refractivity contribution is 5.75. The molecule has 5 nitrogen and oxygen atoms in total. The van der Waals surface area contributed by atoms with Crippen molar-refractivity contribution in [1.29, 1.82) is 0 Å². The van der Waals surface area contributed by atoms with Crippen LogP contribution in [0.1, 0.15) is 36.8 Å². The van der Waals surface area contributed by atoms with Crippen LogP contribution in [0.4, 0.5) is 4.79 Å². The number of hydrogen-bond acceptors (Lipinski definition) is 4. The highest BCUT2D eigenvalue weighted by Crippen LogP contribution is 2.35. The van der Waals surface area contributed by atoms with Crippen LogP contribution in [0.25, 0.3) is 11.1 Å². The van der Waals surface area contributed by atoms with E-state index in [4.69, 9.17) is 14.2 Å². The Morgan fingerprint density at radius 3 is 2.48 bits per heavy atom. The summed E-state index contributed by atoms with van der Waals surface area (Å²) in [6.45, 7) is 2.53. The number of hydrogen-bond donors (Lipinski definition) is 1. The van der Waals surface area contributed by atoms with Crippen LogP contribution in [0.2, 0.25) is 0 Å². The molecule has 33 heavy (non-hydrogen) atoms. The molecule has 0 atom stereocenters. The van der Waals surface area contributed by atoms with Crippen LogP contribution in [0.5, 0.6) is 17.2 Å². The third kappa shape index (κ3) is 6.07. The first-order chi connectivity index (χ1) is 16.1. The van der Waals surface area contributed by atoms with Crippen molar-refractivity contribution in [3.8, 4) is 28.4 Å². The van der Waals surface area contributed by atoms with Crippen LogP contribution >= 0.6 is 0 Å². The minimum absolute atomic E-state index is 0.187. The first-order valence-corrected chi connectivity index (χ1v) is 11.6. The first kappa shape index (κ1) is 22.7. The van der Waals surface area contributed by atoms with E-state index >= 15 is 0 Å². The fourth-order valence-corrected chi connectivity index (χ4v) is 4.25. The van der Waals surface area contributed by atoms with E-state index in [1.54, 1.807) is 7.11 Å².